The number of rotatable bonds is 7. The van der Waals surface area contributed by atoms with Gasteiger partial charge in [0.05, 0.1) is 0 Å². The molecule has 0 aliphatic rings. The van der Waals surface area contributed by atoms with E-state index in [1.165, 1.54) is 27.6 Å². The lowest BCUT2D eigenvalue weighted by atomic mass is 10.1. The summed E-state index contributed by atoms with van der Waals surface area (Å²) in [6.07, 6.45) is 4.11. The van der Waals surface area contributed by atoms with Crippen LogP contribution in [0.3, 0.4) is 0 Å². The maximum absolute atomic E-state index is 5.49. The minimum absolute atomic E-state index is 0.737. The molecule has 0 saturated carbocycles. The summed E-state index contributed by atoms with van der Waals surface area (Å²) in [5.41, 5.74) is 10.5. The maximum Gasteiger partial charge on any atom is 0.0459 e. The fraction of sp³-hybridized carbons (Fsp3) is 0.375. The number of benzene rings is 1. The molecule has 0 atom stereocenters. The van der Waals surface area contributed by atoms with Crippen LogP contribution in [0.5, 0.6) is 0 Å². The Morgan fingerprint density at radius 1 is 1.42 bits per heavy atom. The van der Waals surface area contributed by atoms with Crippen LogP contribution in [0, 0.1) is 6.92 Å². The molecular formula is C16H23N3. The summed E-state index contributed by atoms with van der Waals surface area (Å²) in [6, 6.07) is 6.51. The molecule has 0 amide bonds. The summed E-state index contributed by atoms with van der Waals surface area (Å²) in [4.78, 5) is 3.32. The summed E-state index contributed by atoms with van der Waals surface area (Å²) < 4.78 is 0. The number of aryl methyl sites for hydroxylation is 1. The van der Waals surface area contributed by atoms with E-state index < -0.39 is 0 Å². The van der Waals surface area contributed by atoms with Crippen molar-refractivity contribution in [3.05, 3.63) is 47.7 Å². The molecule has 0 aliphatic heterocycles. The lowest BCUT2D eigenvalue weighted by molar-refractivity contribution is 0.706. The van der Waals surface area contributed by atoms with Crippen molar-refractivity contribution >= 4 is 10.9 Å². The number of nitrogens with one attached hydrogen (secondary N) is 2. The van der Waals surface area contributed by atoms with Crippen molar-refractivity contribution in [3.8, 4) is 0 Å². The standard InChI is InChI=1S/C16H23N3/c1-12-5-6-15-14(11-19-16(15)8-12)10-18-9-13(2)4-3-7-17/h5-6,8,11,18-19H,2-4,7,9-10,17H2,1H3. The Morgan fingerprint density at radius 3 is 3.05 bits per heavy atom. The molecule has 0 bridgehead atoms. The average molecular weight is 257 g/mol. The van der Waals surface area contributed by atoms with Gasteiger partial charge in [0.2, 0.25) is 0 Å². The number of hydrogen-bond donors (Lipinski definition) is 3. The highest BCUT2D eigenvalue weighted by Gasteiger charge is 2.03. The molecule has 19 heavy (non-hydrogen) atoms. The summed E-state index contributed by atoms with van der Waals surface area (Å²) in [5.74, 6) is 0. The van der Waals surface area contributed by atoms with E-state index in [-0.39, 0.29) is 0 Å². The quantitative estimate of drug-likeness (QED) is 0.668. The molecule has 102 valence electrons. The van der Waals surface area contributed by atoms with Gasteiger partial charge >= 0.3 is 0 Å². The average Bonchev–Trinajstić information content (AvgIpc) is 2.79. The van der Waals surface area contributed by atoms with Gasteiger partial charge in [0, 0.05) is 30.2 Å². The first-order valence-corrected chi connectivity index (χ1v) is 6.84. The zero-order valence-electron chi connectivity index (χ0n) is 11.6. The Hall–Kier alpha value is -1.58. The topological polar surface area (TPSA) is 53.8 Å². The Bertz CT molecular complexity index is 554. The minimum Gasteiger partial charge on any atom is -0.361 e. The highest BCUT2D eigenvalue weighted by atomic mass is 14.9. The van der Waals surface area contributed by atoms with E-state index in [1.807, 2.05) is 0 Å². The van der Waals surface area contributed by atoms with Gasteiger partial charge in [-0.3, -0.25) is 0 Å². The van der Waals surface area contributed by atoms with Gasteiger partial charge in [0.25, 0.3) is 0 Å². The van der Waals surface area contributed by atoms with Gasteiger partial charge in [0.15, 0.2) is 0 Å². The number of hydrogen-bond acceptors (Lipinski definition) is 2. The third-order valence-electron chi connectivity index (χ3n) is 3.35. The Morgan fingerprint density at radius 2 is 2.26 bits per heavy atom. The number of aromatic amines is 1. The Labute approximate surface area is 114 Å². The highest BCUT2D eigenvalue weighted by Crippen LogP contribution is 2.19. The van der Waals surface area contributed by atoms with Gasteiger partial charge < -0.3 is 16.0 Å². The van der Waals surface area contributed by atoms with Crippen molar-refractivity contribution in [1.29, 1.82) is 0 Å². The SMILES string of the molecule is C=C(CCCN)CNCc1c[nH]c2cc(C)ccc12. The smallest absolute Gasteiger partial charge is 0.0459 e. The first kappa shape index (κ1) is 13.8. The molecule has 1 aromatic heterocycles. The minimum atomic E-state index is 0.737. The van der Waals surface area contributed by atoms with Crippen LogP contribution in [0.15, 0.2) is 36.5 Å². The second kappa shape index (κ2) is 6.55. The lowest BCUT2D eigenvalue weighted by Gasteiger charge is -2.06. The van der Waals surface area contributed by atoms with Gasteiger partial charge in [-0.05, 0) is 43.5 Å². The highest BCUT2D eigenvalue weighted by molar-refractivity contribution is 5.83. The molecule has 0 fully saturated rings. The van der Waals surface area contributed by atoms with Crippen molar-refractivity contribution in [1.82, 2.24) is 10.3 Å². The van der Waals surface area contributed by atoms with Gasteiger partial charge in [-0.25, -0.2) is 0 Å². The van der Waals surface area contributed by atoms with E-state index in [0.717, 1.165) is 32.5 Å². The van der Waals surface area contributed by atoms with Gasteiger partial charge in [-0.2, -0.15) is 0 Å². The van der Waals surface area contributed by atoms with Crippen molar-refractivity contribution in [2.75, 3.05) is 13.1 Å². The van der Waals surface area contributed by atoms with Crippen LogP contribution in [0.25, 0.3) is 10.9 Å². The van der Waals surface area contributed by atoms with E-state index in [2.05, 4.69) is 48.2 Å². The van der Waals surface area contributed by atoms with E-state index >= 15 is 0 Å². The fourth-order valence-corrected chi connectivity index (χ4v) is 2.26. The van der Waals surface area contributed by atoms with E-state index in [4.69, 9.17) is 5.73 Å². The molecule has 0 radical (unpaired) electrons. The lowest BCUT2D eigenvalue weighted by Crippen LogP contribution is -2.16. The van der Waals surface area contributed by atoms with Crippen LogP contribution in [-0.4, -0.2) is 18.1 Å². The molecule has 0 unspecified atom stereocenters. The molecule has 2 aromatic rings. The van der Waals surface area contributed by atoms with Gasteiger partial charge in [0.1, 0.15) is 0 Å². The monoisotopic (exact) mass is 257 g/mol. The maximum atomic E-state index is 5.49. The van der Waals surface area contributed by atoms with E-state index in [9.17, 15) is 0 Å². The van der Waals surface area contributed by atoms with Gasteiger partial charge in [-0.1, -0.05) is 24.3 Å². The van der Waals surface area contributed by atoms with Crippen molar-refractivity contribution in [2.45, 2.75) is 26.3 Å². The second-order valence-electron chi connectivity index (χ2n) is 5.11. The molecule has 0 spiro atoms. The molecule has 1 aromatic carbocycles. The Kier molecular flexibility index (Phi) is 4.77. The van der Waals surface area contributed by atoms with Crippen molar-refractivity contribution < 1.29 is 0 Å². The van der Waals surface area contributed by atoms with Crippen LogP contribution in [0.2, 0.25) is 0 Å². The molecule has 0 aliphatic carbocycles. The number of nitrogens with two attached hydrogens (primary N) is 1. The zero-order valence-corrected chi connectivity index (χ0v) is 11.6. The number of H-pyrrole nitrogens is 1. The molecule has 3 heteroatoms. The summed E-state index contributed by atoms with van der Waals surface area (Å²) in [5, 5.41) is 4.74. The fourth-order valence-electron chi connectivity index (χ4n) is 2.26. The van der Waals surface area contributed by atoms with Crippen LogP contribution >= 0.6 is 0 Å². The molecular weight excluding hydrogens is 234 g/mol. The zero-order chi connectivity index (χ0) is 13.7. The molecule has 1 heterocycles. The molecule has 4 N–H and O–H groups in total. The van der Waals surface area contributed by atoms with Crippen LogP contribution in [0.4, 0.5) is 0 Å². The Balaban J connectivity index is 1.90. The summed E-state index contributed by atoms with van der Waals surface area (Å²) in [7, 11) is 0. The predicted molar refractivity (Wildman–Crippen MR) is 82.2 cm³/mol. The molecule has 0 saturated heterocycles. The first-order valence-electron chi connectivity index (χ1n) is 6.84. The van der Waals surface area contributed by atoms with E-state index in [1.54, 1.807) is 0 Å². The molecule has 3 nitrogen and oxygen atoms in total. The molecule has 2 rings (SSSR count). The van der Waals surface area contributed by atoms with Crippen LogP contribution < -0.4 is 11.1 Å². The van der Waals surface area contributed by atoms with E-state index in [0.29, 0.717) is 0 Å². The van der Waals surface area contributed by atoms with Crippen molar-refractivity contribution in [2.24, 2.45) is 5.73 Å². The second-order valence-corrected chi connectivity index (χ2v) is 5.11. The third kappa shape index (κ3) is 3.69. The summed E-state index contributed by atoms with van der Waals surface area (Å²) in [6.45, 7) is 8.63. The number of aromatic nitrogens is 1. The normalized spacial score (nSPS) is 11.1. The van der Waals surface area contributed by atoms with Crippen LogP contribution in [0.1, 0.15) is 24.0 Å². The first-order chi connectivity index (χ1) is 9.20. The van der Waals surface area contributed by atoms with Crippen LogP contribution in [-0.2, 0) is 6.54 Å². The third-order valence-corrected chi connectivity index (χ3v) is 3.35. The number of fused-ring (bicyclic) bond motifs is 1. The van der Waals surface area contributed by atoms with Crippen molar-refractivity contribution in [3.63, 3.8) is 0 Å². The predicted octanol–water partition coefficient (Wildman–Crippen LogP) is 2.86. The summed E-state index contributed by atoms with van der Waals surface area (Å²) >= 11 is 0. The largest absolute Gasteiger partial charge is 0.361 e. The van der Waals surface area contributed by atoms with Gasteiger partial charge in [-0.15, -0.1) is 0 Å².